The van der Waals surface area contributed by atoms with Gasteiger partial charge in [-0.1, -0.05) is 18.2 Å². The highest BCUT2D eigenvalue weighted by molar-refractivity contribution is 6.06. The van der Waals surface area contributed by atoms with Gasteiger partial charge in [0, 0.05) is 47.7 Å². The van der Waals surface area contributed by atoms with Crippen molar-refractivity contribution < 1.29 is 28.2 Å². The molecule has 0 spiro atoms. The summed E-state index contributed by atoms with van der Waals surface area (Å²) in [5.74, 6) is -2.13. The summed E-state index contributed by atoms with van der Waals surface area (Å²) < 4.78 is 41.4. The Morgan fingerprint density at radius 3 is 2.54 bits per heavy atom. The number of carbonyl (C=O) groups excluding carboxylic acids is 1. The maximum absolute atomic E-state index is 15.4. The molecule has 0 aliphatic carbocycles. The number of ether oxygens (including phenoxy) is 2. The predicted octanol–water partition coefficient (Wildman–Crippen LogP) is 6.88. The highest BCUT2D eigenvalue weighted by atomic mass is 19.1. The van der Waals surface area contributed by atoms with Crippen LogP contribution in [0.15, 0.2) is 102 Å². The number of aromatic nitrogens is 2. The summed E-state index contributed by atoms with van der Waals surface area (Å²) in [6.45, 7) is 3.55. The Hall–Kier alpha value is -5.81. The molecule has 5 rings (SSSR count). The molecule has 1 atom stereocenters. The van der Waals surface area contributed by atoms with Crippen molar-refractivity contribution in [3.05, 3.63) is 136 Å². The van der Waals surface area contributed by atoms with Gasteiger partial charge >= 0.3 is 0 Å². The Labute approximate surface area is 262 Å². The van der Waals surface area contributed by atoms with Crippen molar-refractivity contribution in [1.82, 2.24) is 9.55 Å². The van der Waals surface area contributed by atoms with Gasteiger partial charge in [0.1, 0.15) is 17.1 Å². The highest BCUT2D eigenvalue weighted by Gasteiger charge is 2.22. The maximum atomic E-state index is 15.4. The van der Waals surface area contributed by atoms with Gasteiger partial charge in [0.2, 0.25) is 0 Å². The molecule has 0 saturated carbocycles. The largest absolute Gasteiger partial charge is 0.493 e. The van der Waals surface area contributed by atoms with Crippen LogP contribution in [0.4, 0.5) is 14.5 Å². The summed E-state index contributed by atoms with van der Waals surface area (Å²) in [4.78, 5) is 29.8. The third-order valence-electron chi connectivity index (χ3n) is 7.00. The van der Waals surface area contributed by atoms with E-state index in [9.17, 15) is 19.1 Å². The number of hydrogen-bond donors (Lipinski definition) is 4. The first kappa shape index (κ1) is 31.6. The van der Waals surface area contributed by atoms with Crippen LogP contribution in [0.3, 0.4) is 0 Å². The number of pyridine rings is 1. The smallest absolute Gasteiger partial charge is 0.271 e. The average Bonchev–Trinajstić information content (AvgIpc) is 3.53. The number of halogens is 2. The van der Waals surface area contributed by atoms with Gasteiger partial charge in [0.15, 0.2) is 17.3 Å². The Morgan fingerprint density at radius 1 is 1.07 bits per heavy atom. The van der Waals surface area contributed by atoms with E-state index in [2.05, 4.69) is 10.3 Å². The number of rotatable bonds is 11. The van der Waals surface area contributed by atoms with Crippen molar-refractivity contribution in [2.45, 2.75) is 20.0 Å². The molecule has 3 aromatic carbocycles. The molecule has 0 bridgehead atoms. The fourth-order valence-corrected chi connectivity index (χ4v) is 4.81. The van der Waals surface area contributed by atoms with Gasteiger partial charge in [-0.15, -0.1) is 0 Å². The molecule has 0 radical (unpaired) electrons. The van der Waals surface area contributed by atoms with Crippen molar-refractivity contribution in [3.8, 4) is 28.3 Å². The second kappa shape index (κ2) is 13.9. The summed E-state index contributed by atoms with van der Waals surface area (Å²) in [7, 11) is 0. The first-order valence-electron chi connectivity index (χ1n) is 14.3. The topological polar surface area (TPSA) is 129 Å². The Balaban J connectivity index is 1.41. The third-order valence-corrected chi connectivity index (χ3v) is 7.00. The van der Waals surface area contributed by atoms with Crippen LogP contribution in [0.5, 0.6) is 11.5 Å². The van der Waals surface area contributed by atoms with Crippen LogP contribution in [-0.4, -0.2) is 33.4 Å². The monoisotopic (exact) mass is 624 g/mol. The zero-order valence-electron chi connectivity index (χ0n) is 24.9. The Bertz CT molecular complexity index is 1980. The minimum absolute atomic E-state index is 0.0333. The lowest BCUT2D eigenvalue weighted by molar-refractivity contribution is 0.102. The number of allylic oxidation sites excluding steroid dienone is 1. The zero-order valence-corrected chi connectivity index (χ0v) is 24.9. The summed E-state index contributed by atoms with van der Waals surface area (Å²) in [6.07, 6.45) is 4.79. The van der Waals surface area contributed by atoms with Crippen LogP contribution in [0.1, 0.15) is 41.6 Å². The fourth-order valence-electron chi connectivity index (χ4n) is 4.81. The predicted molar refractivity (Wildman–Crippen MR) is 172 cm³/mol. The zero-order chi connectivity index (χ0) is 32.8. The highest BCUT2D eigenvalue weighted by Crippen LogP contribution is 2.33. The molecule has 4 N–H and O–H groups in total. The minimum atomic E-state index is -0.835. The summed E-state index contributed by atoms with van der Waals surface area (Å²) in [6, 6.07) is 19.5. The van der Waals surface area contributed by atoms with Gasteiger partial charge < -0.3 is 30.3 Å². The first-order chi connectivity index (χ1) is 22.2. The molecular weight excluding hydrogens is 594 g/mol. The number of nitrogens with one attached hydrogen (secondary N) is 3. The van der Waals surface area contributed by atoms with Gasteiger partial charge in [-0.25, -0.2) is 8.78 Å². The van der Waals surface area contributed by atoms with E-state index in [0.717, 1.165) is 17.8 Å². The summed E-state index contributed by atoms with van der Waals surface area (Å²) in [5.41, 5.74) is 2.03. The van der Waals surface area contributed by atoms with E-state index in [1.165, 1.54) is 59.3 Å². The van der Waals surface area contributed by atoms with Crippen molar-refractivity contribution in [2.75, 3.05) is 11.9 Å². The van der Waals surface area contributed by atoms with Crippen LogP contribution in [0.25, 0.3) is 22.6 Å². The van der Waals surface area contributed by atoms with E-state index in [4.69, 9.17) is 14.9 Å². The van der Waals surface area contributed by atoms with Gasteiger partial charge in [0.05, 0.1) is 18.4 Å². The van der Waals surface area contributed by atoms with E-state index in [0.29, 0.717) is 22.5 Å². The molecule has 9 nitrogen and oxygen atoms in total. The van der Waals surface area contributed by atoms with Gasteiger partial charge in [-0.3, -0.25) is 14.2 Å². The number of anilines is 1. The van der Waals surface area contributed by atoms with Gasteiger partial charge in [-0.2, -0.15) is 0 Å². The molecule has 1 unspecified atom stereocenters. The fraction of sp³-hybridized carbons (Fsp3) is 0.114. The Kier molecular flexibility index (Phi) is 9.53. The van der Waals surface area contributed by atoms with E-state index in [-0.39, 0.29) is 35.1 Å². The maximum Gasteiger partial charge on any atom is 0.271 e. The lowest BCUT2D eigenvalue weighted by Gasteiger charge is -2.15. The van der Waals surface area contributed by atoms with Crippen LogP contribution in [-0.2, 0) is 0 Å². The molecule has 2 heterocycles. The second-order valence-electron chi connectivity index (χ2n) is 10.1. The quantitative estimate of drug-likeness (QED) is 0.0940. The lowest BCUT2D eigenvalue weighted by Crippen LogP contribution is -2.29. The number of benzene rings is 3. The molecule has 234 valence electrons. The molecular formula is C35H30F2N4O5. The number of amides is 1. The van der Waals surface area contributed by atoms with Crippen molar-refractivity contribution >= 4 is 23.6 Å². The van der Waals surface area contributed by atoms with Gasteiger partial charge in [0.25, 0.3) is 11.5 Å². The molecule has 0 fully saturated rings. The molecule has 0 aliphatic heterocycles. The molecule has 5 aromatic rings. The normalized spacial score (nSPS) is 12.0. The Morgan fingerprint density at radius 2 is 1.85 bits per heavy atom. The molecule has 2 aromatic heterocycles. The third kappa shape index (κ3) is 6.79. The lowest BCUT2D eigenvalue weighted by atomic mass is 10.0. The molecule has 0 saturated heterocycles. The molecule has 0 aliphatic rings. The number of aliphatic hydroxyl groups excluding tert-OH is 1. The number of nitrogens with zero attached hydrogens (tertiary/aromatic N) is 1. The van der Waals surface area contributed by atoms with Crippen LogP contribution in [0, 0.1) is 17.0 Å². The number of aliphatic hydroxyl groups is 1. The SMILES string of the molecule is CCOc1ccn(-c2ccc(F)cc2)c(=O)c1C(=O)Nc1ccc(O/C(=C/C=N)c2[nH]ccc2-c2cccc(C(C)O)c2)c(F)c1. The number of hydrogen-bond acceptors (Lipinski definition) is 6. The number of aromatic amines is 1. The second-order valence-corrected chi connectivity index (χ2v) is 10.1. The standard InChI is InChI=1S/C35H30F2N4O5/c1-3-45-30-15-18-41(26-10-7-24(36)8-11-26)35(44)32(30)34(43)40-25-9-12-29(28(37)20-25)46-31(13-16-38)33-27(14-17-39-33)23-6-4-5-22(19-23)21(2)42/h4-21,38-39,42H,3H2,1-2H3,(H,40,43)/b31-13+,38-16?. The van der Waals surface area contributed by atoms with Crippen LogP contribution < -0.4 is 20.3 Å². The number of H-pyrrole nitrogens is 1. The van der Waals surface area contributed by atoms with Crippen molar-refractivity contribution in [1.29, 1.82) is 5.41 Å². The van der Waals surface area contributed by atoms with E-state index in [1.807, 2.05) is 18.2 Å². The summed E-state index contributed by atoms with van der Waals surface area (Å²) in [5, 5.41) is 20.2. The van der Waals surface area contributed by atoms with E-state index >= 15 is 4.39 Å². The molecule has 11 heteroatoms. The van der Waals surface area contributed by atoms with E-state index in [1.54, 1.807) is 32.2 Å². The average molecular weight is 625 g/mol. The molecule has 46 heavy (non-hydrogen) atoms. The minimum Gasteiger partial charge on any atom is -0.493 e. The first-order valence-corrected chi connectivity index (χ1v) is 14.3. The van der Waals surface area contributed by atoms with Gasteiger partial charge in [-0.05, 0) is 79.6 Å². The summed E-state index contributed by atoms with van der Waals surface area (Å²) >= 11 is 0. The van der Waals surface area contributed by atoms with Crippen molar-refractivity contribution in [3.63, 3.8) is 0 Å². The van der Waals surface area contributed by atoms with Crippen LogP contribution in [0.2, 0.25) is 0 Å². The number of carbonyl (C=O) groups is 1. The molecule has 1 amide bonds. The van der Waals surface area contributed by atoms with E-state index < -0.39 is 29.2 Å². The van der Waals surface area contributed by atoms with Crippen LogP contribution >= 0.6 is 0 Å². The van der Waals surface area contributed by atoms with Crippen molar-refractivity contribution in [2.24, 2.45) is 0 Å².